The van der Waals surface area contributed by atoms with Crippen LogP contribution >= 0.6 is 0 Å². The molecule has 3 nitrogen and oxygen atoms in total. The van der Waals surface area contributed by atoms with Gasteiger partial charge in [-0.25, -0.2) is 5.01 Å². The van der Waals surface area contributed by atoms with E-state index in [1.165, 1.54) is 43.2 Å². The van der Waals surface area contributed by atoms with Gasteiger partial charge in [0.15, 0.2) is 0 Å². The largest absolute Gasteiger partial charge is 0.497 e. The third-order valence-corrected chi connectivity index (χ3v) is 5.17. The van der Waals surface area contributed by atoms with Gasteiger partial charge in [-0.2, -0.15) is 0 Å². The van der Waals surface area contributed by atoms with Crippen molar-refractivity contribution in [3.8, 4) is 5.75 Å². The van der Waals surface area contributed by atoms with Crippen LogP contribution in [0.2, 0.25) is 0 Å². The monoisotopic (exact) mass is 288 g/mol. The predicted octanol–water partition coefficient (Wildman–Crippen LogP) is 3.32. The Labute approximate surface area is 128 Å². The SMILES string of the molecule is COc1ccc2c(c1)CC(NN1C(C)CCCC1C)CC2. The van der Waals surface area contributed by atoms with Crippen LogP contribution in [0.25, 0.3) is 0 Å². The summed E-state index contributed by atoms with van der Waals surface area (Å²) in [6, 6.07) is 8.40. The molecule has 0 spiro atoms. The van der Waals surface area contributed by atoms with E-state index < -0.39 is 0 Å². The molecule has 1 N–H and O–H groups in total. The van der Waals surface area contributed by atoms with Gasteiger partial charge in [0.2, 0.25) is 0 Å². The number of nitrogens with zero attached hydrogens (tertiary/aromatic N) is 1. The zero-order valence-electron chi connectivity index (χ0n) is 13.6. The molecule has 1 aromatic rings. The van der Waals surface area contributed by atoms with E-state index in [1.807, 2.05) is 0 Å². The van der Waals surface area contributed by atoms with Gasteiger partial charge in [-0.15, -0.1) is 0 Å². The Bertz CT molecular complexity index is 478. The lowest BCUT2D eigenvalue weighted by atomic mass is 9.88. The van der Waals surface area contributed by atoms with Crippen LogP contribution < -0.4 is 10.2 Å². The van der Waals surface area contributed by atoms with Crippen LogP contribution in [0.4, 0.5) is 0 Å². The number of rotatable bonds is 3. The van der Waals surface area contributed by atoms with Gasteiger partial charge in [-0.1, -0.05) is 12.5 Å². The summed E-state index contributed by atoms with van der Waals surface area (Å²) in [7, 11) is 1.75. The van der Waals surface area contributed by atoms with Crippen LogP contribution in [-0.4, -0.2) is 30.2 Å². The Morgan fingerprint density at radius 3 is 2.57 bits per heavy atom. The minimum absolute atomic E-state index is 0.563. The zero-order valence-corrected chi connectivity index (χ0v) is 13.6. The maximum Gasteiger partial charge on any atom is 0.119 e. The van der Waals surface area contributed by atoms with E-state index in [1.54, 1.807) is 7.11 Å². The fourth-order valence-corrected chi connectivity index (χ4v) is 3.86. The third kappa shape index (κ3) is 3.24. The summed E-state index contributed by atoms with van der Waals surface area (Å²) in [5, 5.41) is 2.51. The second-order valence-corrected chi connectivity index (χ2v) is 6.74. The fraction of sp³-hybridized carbons (Fsp3) is 0.667. The fourth-order valence-electron chi connectivity index (χ4n) is 3.86. The van der Waals surface area contributed by atoms with Crippen molar-refractivity contribution in [3.05, 3.63) is 29.3 Å². The lowest BCUT2D eigenvalue weighted by Gasteiger charge is -2.42. The minimum Gasteiger partial charge on any atom is -0.497 e. The highest BCUT2D eigenvalue weighted by Gasteiger charge is 2.28. The number of aryl methyl sites for hydroxylation is 1. The summed E-state index contributed by atoms with van der Waals surface area (Å²) in [5.74, 6) is 0.981. The first-order chi connectivity index (χ1) is 10.2. The number of hydrogen-bond acceptors (Lipinski definition) is 3. The van der Waals surface area contributed by atoms with Crippen LogP contribution in [0.15, 0.2) is 18.2 Å². The number of nitrogens with one attached hydrogen (secondary N) is 1. The summed E-state index contributed by atoms with van der Waals surface area (Å²) in [6.07, 6.45) is 7.51. The van der Waals surface area contributed by atoms with E-state index in [9.17, 15) is 0 Å². The van der Waals surface area contributed by atoms with Gasteiger partial charge in [0, 0.05) is 18.1 Å². The normalized spacial score (nSPS) is 30.0. The van der Waals surface area contributed by atoms with Crippen LogP contribution in [0.3, 0.4) is 0 Å². The van der Waals surface area contributed by atoms with E-state index in [4.69, 9.17) is 4.74 Å². The summed E-state index contributed by atoms with van der Waals surface area (Å²) in [5.41, 5.74) is 6.78. The number of methoxy groups -OCH3 is 1. The highest BCUT2D eigenvalue weighted by Crippen LogP contribution is 2.27. The number of hydrogen-bond donors (Lipinski definition) is 1. The summed E-state index contributed by atoms with van der Waals surface area (Å²) in [4.78, 5) is 0. The first kappa shape index (κ1) is 14.9. The molecule has 1 saturated heterocycles. The molecule has 1 aliphatic heterocycles. The lowest BCUT2D eigenvalue weighted by Crippen LogP contribution is -2.56. The van der Waals surface area contributed by atoms with E-state index in [-0.39, 0.29) is 0 Å². The first-order valence-electron chi connectivity index (χ1n) is 8.37. The second-order valence-electron chi connectivity index (χ2n) is 6.74. The molecular formula is C18H28N2O. The van der Waals surface area contributed by atoms with Gasteiger partial charge >= 0.3 is 0 Å². The van der Waals surface area contributed by atoms with Gasteiger partial charge in [0.1, 0.15) is 5.75 Å². The predicted molar refractivity (Wildman–Crippen MR) is 86.6 cm³/mol. The maximum absolute atomic E-state index is 5.37. The Hall–Kier alpha value is -1.06. The number of piperidine rings is 1. The molecule has 3 unspecified atom stereocenters. The van der Waals surface area contributed by atoms with E-state index in [0.717, 1.165) is 12.2 Å². The molecule has 0 saturated carbocycles. The molecule has 1 aliphatic carbocycles. The second kappa shape index (κ2) is 6.37. The summed E-state index contributed by atoms with van der Waals surface area (Å²) >= 11 is 0. The number of benzene rings is 1. The number of hydrazine groups is 1. The van der Waals surface area contributed by atoms with Crippen LogP contribution in [0.5, 0.6) is 5.75 Å². The summed E-state index contributed by atoms with van der Waals surface area (Å²) < 4.78 is 5.37. The third-order valence-electron chi connectivity index (χ3n) is 5.17. The van der Waals surface area contributed by atoms with E-state index in [2.05, 4.69) is 42.5 Å². The average molecular weight is 288 g/mol. The van der Waals surface area contributed by atoms with E-state index >= 15 is 0 Å². The minimum atomic E-state index is 0.563. The van der Waals surface area contributed by atoms with Crippen molar-refractivity contribution < 1.29 is 4.74 Å². The highest BCUT2D eigenvalue weighted by molar-refractivity contribution is 5.37. The molecule has 1 fully saturated rings. The van der Waals surface area contributed by atoms with Crippen LogP contribution in [-0.2, 0) is 12.8 Å². The topological polar surface area (TPSA) is 24.5 Å². The molecule has 21 heavy (non-hydrogen) atoms. The Balaban J connectivity index is 1.68. The number of ether oxygens (including phenoxy) is 1. The Kier molecular flexibility index (Phi) is 4.51. The lowest BCUT2D eigenvalue weighted by molar-refractivity contribution is 0.0270. The van der Waals surface area contributed by atoms with Gasteiger partial charge in [0.05, 0.1) is 7.11 Å². The van der Waals surface area contributed by atoms with Gasteiger partial charge < -0.3 is 4.74 Å². The van der Waals surface area contributed by atoms with E-state index in [0.29, 0.717) is 18.1 Å². The van der Waals surface area contributed by atoms with Crippen LogP contribution in [0.1, 0.15) is 50.7 Å². The molecule has 0 radical (unpaired) electrons. The number of fused-ring (bicyclic) bond motifs is 1. The molecule has 3 heteroatoms. The van der Waals surface area contributed by atoms with Crippen molar-refractivity contribution in [2.45, 2.75) is 70.5 Å². The van der Waals surface area contributed by atoms with Crippen LogP contribution in [0, 0.1) is 0 Å². The maximum atomic E-state index is 5.37. The molecule has 0 amide bonds. The average Bonchev–Trinajstić information content (AvgIpc) is 2.50. The van der Waals surface area contributed by atoms with Crippen molar-refractivity contribution in [3.63, 3.8) is 0 Å². The molecule has 1 heterocycles. The smallest absolute Gasteiger partial charge is 0.119 e. The molecule has 3 atom stereocenters. The molecule has 1 aromatic carbocycles. The van der Waals surface area contributed by atoms with Crippen molar-refractivity contribution in [2.24, 2.45) is 0 Å². The quantitative estimate of drug-likeness (QED) is 0.923. The first-order valence-corrected chi connectivity index (χ1v) is 8.37. The molecular weight excluding hydrogens is 260 g/mol. The highest BCUT2D eigenvalue weighted by atomic mass is 16.5. The Morgan fingerprint density at radius 2 is 1.86 bits per heavy atom. The van der Waals surface area contributed by atoms with Gasteiger partial charge in [-0.3, -0.25) is 5.43 Å². The molecule has 3 rings (SSSR count). The zero-order chi connectivity index (χ0) is 14.8. The molecule has 2 aliphatic rings. The standard InChI is InChI=1S/C18H28N2O/c1-13-5-4-6-14(2)20(13)19-17-9-7-15-8-10-18(21-3)12-16(15)11-17/h8,10,12-14,17,19H,4-7,9,11H2,1-3H3. The van der Waals surface area contributed by atoms with Crippen molar-refractivity contribution in [1.82, 2.24) is 10.4 Å². The molecule has 0 aromatic heterocycles. The van der Waals surface area contributed by atoms with Crippen molar-refractivity contribution >= 4 is 0 Å². The molecule has 116 valence electrons. The van der Waals surface area contributed by atoms with Gasteiger partial charge in [0.25, 0.3) is 0 Å². The Morgan fingerprint density at radius 1 is 1.10 bits per heavy atom. The summed E-state index contributed by atoms with van der Waals surface area (Å²) in [6.45, 7) is 4.70. The van der Waals surface area contributed by atoms with Crippen molar-refractivity contribution in [2.75, 3.05) is 7.11 Å². The van der Waals surface area contributed by atoms with Crippen molar-refractivity contribution in [1.29, 1.82) is 0 Å². The van der Waals surface area contributed by atoms with Gasteiger partial charge in [-0.05, 0) is 69.2 Å². The molecule has 0 bridgehead atoms.